The van der Waals surface area contributed by atoms with Gasteiger partial charge in [0, 0.05) is 12.7 Å². The molecule has 0 bridgehead atoms. The van der Waals surface area contributed by atoms with Crippen molar-refractivity contribution in [1.29, 1.82) is 0 Å². The highest BCUT2D eigenvalue weighted by Gasteiger charge is 2.09. The number of hydrogen-bond acceptors (Lipinski definition) is 2. The Balaban J connectivity index is 2.58. The molecule has 0 aliphatic carbocycles. The molecule has 1 rings (SSSR count). The highest BCUT2D eigenvalue weighted by Crippen LogP contribution is 2.17. The lowest BCUT2D eigenvalue weighted by Crippen LogP contribution is -2.17. The maximum atomic E-state index is 13.3. The fourth-order valence-corrected chi connectivity index (χ4v) is 1.18. The van der Waals surface area contributed by atoms with E-state index in [0.717, 1.165) is 0 Å². The molecule has 0 spiro atoms. The number of rotatable bonds is 4. The van der Waals surface area contributed by atoms with Gasteiger partial charge in [0.25, 0.3) is 0 Å². The molecule has 0 radical (unpaired) electrons. The van der Waals surface area contributed by atoms with Gasteiger partial charge in [0.15, 0.2) is 11.6 Å². The number of anilines is 1. The van der Waals surface area contributed by atoms with Crippen LogP contribution in [0.5, 0.6) is 0 Å². The summed E-state index contributed by atoms with van der Waals surface area (Å²) in [6, 6.07) is 1.26. The SMILES string of the molecule is CC(C)C(C)CNc1ncc(Cl)cc1F. The largest absolute Gasteiger partial charge is 0.367 e. The van der Waals surface area contributed by atoms with Gasteiger partial charge in [-0.1, -0.05) is 32.4 Å². The van der Waals surface area contributed by atoms with E-state index in [4.69, 9.17) is 11.6 Å². The van der Waals surface area contributed by atoms with Gasteiger partial charge in [-0.15, -0.1) is 0 Å². The first-order valence-corrected chi connectivity index (χ1v) is 5.43. The Morgan fingerprint density at radius 3 is 2.67 bits per heavy atom. The molecule has 1 unspecified atom stereocenters. The van der Waals surface area contributed by atoms with Crippen LogP contribution in [0.25, 0.3) is 0 Å². The average molecular weight is 231 g/mol. The molecule has 0 aliphatic heterocycles. The molecule has 1 aromatic heterocycles. The molecule has 0 saturated carbocycles. The van der Waals surface area contributed by atoms with Gasteiger partial charge in [0.2, 0.25) is 0 Å². The van der Waals surface area contributed by atoms with Crippen LogP contribution in [-0.4, -0.2) is 11.5 Å². The number of pyridine rings is 1. The van der Waals surface area contributed by atoms with E-state index >= 15 is 0 Å². The fourth-order valence-electron chi connectivity index (χ4n) is 1.04. The van der Waals surface area contributed by atoms with Gasteiger partial charge in [-0.05, 0) is 17.9 Å². The van der Waals surface area contributed by atoms with Crippen LogP contribution in [0.15, 0.2) is 12.3 Å². The Morgan fingerprint density at radius 2 is 2.13 bits per heavy atom. The molecular weight excluding hydrogens is 215 g/mol. The second-order valence-electron chi connectivity index (χ2n) is 4.09. The zero-order chi connectivity index (χ0) is 11.4. The lowest BCUT2D eigenvalue weighted by molar-refractivity contribution is 0.438. The van der Waals surface area contributed by atoms with E-state index in [9.17, 15) is 4.39 Å². The summed E-state index contributed by atoms with van der Waals surface area (Å²) in [5.41, 5.74) is 0. The topological polar surface area (TPSA) is 24.9 Å². The van der Waals surface area contributed by atoms with Crippen molar-refractivity contribution in [1.82, 2.24) is 4.98 Å². The third-order valence-corrected chi connectivity index (χ3v) is 2.74. The van der Waals surface area contributed by atoms with Crippen LogP contribution in [-0.2, 0) is 0 Å². The monoisotopic (exact) mass is 230 g/mol. The molecule has 4 heteroatoms. The van der Waals surface area contributed by atoms with Crippen LogP contribution in [0.4, 0.5) is 10.2 Å². The molecule has 15 heavy (non-hydrogen) atoms. The van der Waals surface area contributed by atoms with E-state index in [2.05, 4.69) is 31.1 Å². The number of aromatic nitrogens is 1. The minimum Gasteiger partial charge on any atom is -0.367 e. The molecule has 2 nitrogen and oxygen atoms in total. The zero-order valence-electron chi connectivity index (χ0n) is 9.22. The van der Waals surface area contributed by atoms with Crippen LogP contribution >= 0.6 is 11.6 Å². The van der Waals surface area contributed by atoms with Crippen molar-refractivity contribution in [2.45, 2.75) is 20.8 Å². The molecule has 0 amide bonds. The normalized spacial score (nSPS) is 12.9. The van der Waals surface area contributed by atoms with E-state index in [1.165, 1.54) is 12.3 Å². The minimum atomic E-state index is -0.404. The van der Waals surface area contributed by atoms with E-state index in [0.29, 0.717) is 23.4 Å². The highest BCUT2D eigenvalue weighted by molar-refractivity contribution is 6.30. The maximum Gasteiger partial charge on any atom is 0.166 e. The van der Waals surface area contributed by atoms with Gasteiger partial charge in [0.1, 0.15) is 0 Å². The quantitative estimate of drug-likeness (QED) is 0.855. The third kappa shape index (κ3) is 3.67. The highest BCUT2D eigenvalue weighted by atomic mass is 35.5. The van der Waals surface area contributed by atoms with E-state index < -0.39 is 5.82 Å². The summed E-state index contributed by atoms with van der Waals surface area (Å²) in [5.74, 6) is 0.903. The minimum absolute atomic E-state index is 0.270. The van der Waals surface area contributed by atoms with Crippen molar-refractivity contribution in [3.8, 4) is 0 Å². The number of nitrogens with zero attached hydrogens (tertiary/aromatic N) is 1. The number of halogens is 2. The summed E-state index contributed by atoms with van der Waals surface area (Å²) in [4.78, 5) is 3.89. The van der Waals surface area contributed by atoms with Gasteiger partial charge in [-0.25, -0.2) is 9.37 Å². The van der Waals surface area contributed by atoms with E-state index in [1.807, 2.05) is 0 Å². The summed E-state index contributed by atoms with van der Waals surface area (Å²) in [6.45, 7) is 7.10. The average Bonchev–Trinajstić information content (AvgIpc) is 2.15. The second-order valence-corrected chi connectivity index (χ2v) is 4.52. The lowest BCUT2D eigenvalue weighted by Gasteiger charge is -2.16. The number of hydrogen-bond donors (Lipinski definition) is 1. The standard InChI is InChI=1S/C11H16ClFN2/c1-7(2)8(3)5-14-11-10(13)4-9(12)6-15-11/h4,6-8H,5H2,1-3H3,(H,14,15). The first kappa shape index (κ1) is 12.2. The summed E-state index contributed by atoms with van der Waals surface area (Å²) in [7, 11) is 0. The van der Waals surface area contributed by atoms with Crippen molar-refractivity contribution in [3.05, 3.63) is 23.1 Å². The first-order valence-electron chi connectivity index (χ1n) is 5.05. The van der Waals surface area contributed by atoms with Gasteiger partial charge >= 0.3 is 0 Å². The second kappa shape index (κ2) is 5.31. The fraction of sp³-hybridized carbons (Fsp3) is 0.545. The van der Waals surface area contributed by atoms with Crippen LogP contribution < -0.4 is 5.32 Å². The Bertz CT molecular complexity index is 328. The van der Waals surface area contributed by atoms with Crippen LogP contribution in [0.1, 0.15) is 20.8 Å². The molecule has 1 aromatic rings. The third-order valence-electron chi connectivity index (χ3n) is 2.54. The van der Waals surface area contributed by atoms with Crippen molar-refractivity contribution >= 4 is 17.4 Å². The molecule has 1 N–H and O–H groups in total. The van der Waals surface area contributed by atoms with Crippen LogP contribution in [0, 0.1) is 17.7 Å². The molecule has 0 fully saturated rings. The first-order chi connectivity index (χ1) is 7.00. The summed E-state index contributed by atoms with van der Waals surface area (Å²) >= 11 is 5.60. The zero-order valence-corrected chi connectivity index (χ0v) is 9.98. The van der Waals surface area contributed by atoms with Gasteiger partial charge in [-0.2, -0.15) is 0 Å². The molecule has 1 heterocycles. The maximum absolute atomic E-state index is 13.3. The Morgan fingerprint density at radius 1 is 1.47 bits per heavy atom. The van der Waals surface area contributed by atoms with Gasteiger partial charge in [0.05, 0.1) is 5.02 Å². The predicted molar refractivity (Wildman–Crippen MR) is 61.7 cm³/mol. The Kier molecular flexibility index (Phi) is 4.33. The molecule has 0 saturated heterocycles. The van der Waals surface area contributed by atoms with Crippen LogP contribution in [0.3, 0.4) is 0 Å². The molecule has 84 valence electrons. The summed E-state index contributed by atoms with van der Waals surface area (Å²) in [6.07, 6.45) is 1.44. The van der Waals surface area contributed by atoms with E-state index in [1.54, 1.807) is 0 Å². The predicted octanol–water partition coefficient (Wildman–Crippen LogP) is 3.58. The smallest absolute Gasteiger partial charge is 0.166 e. The molecule has 0 aliphatic rings. The van der Waals surface area contributed by atoms with Crippen molar-refractivity contribution in [3.63, 3.8) is 0 Å². The Hall–Kier alpha value is -0.830. The number of nitrogens with one attached hydrogen (secondary N) is 1. The van der Waals surface area contributed by atoms with Gasteiger partial charge < -0.3 is 5.32 Å². The van der Waals surface area contributed by atoms with E-state index in [-0.39, 0.29) is 5.82 Å². The molecular formula is C11H16ClFN2. The van der Waals surface area contributed by atoms with Crippen LogP contribution in [0.2, 0.25) is 5.02 Å². The lowest BCUT2D eigenvalue weighted by atomic mass is 9.98. The summed E-state index contributed by atoms with van der Waals surface area (Å²) in [5, 5.41) is 3.29. The van der Waals surface area contributed by atoms with Crippen molar-refractivity contribution in [2.75, 3.05) is 11.9 Å². The molecule has 0 aromatic carbocycles. The summed E-state index contributed by atoms with van der Waals surface area (Å²) < 4.78 is 13.3. The van der Waals surface area contributed by atoms with Crippen molar-refractivity contribution in [2.24, 2.45) is 11.8 Å². The molecule has 1 atom stereocenters. The Labute approximate surface area is 94.9 Å². The van der Waals surface area contributed by atoms with Gasteiger partial charge in [-0.3, -0.25) is 0 Å². The van der Waals surface area contributed by atoms with Crippen molar-refractivity contribution < 1.29 is 4.39 Å².